The van der Waals surface area contributed by atoms with Gasteiger partial charge in [0.05, 0.1) is 6.61 Å². The molecule has 3 heteroatoms. The van der Waals surface area contributed by atoms with E-state index in [2.05, 4.69) is 36.2 Å². The summed E-state index contributed by atoms with van der Waals surface area (Å²) in [5, 5.41) is 0. The van der Waals surface area contributed by atoms with E-state index >= 15 is 0 Å². The molecule has 18 heavy (non-hydrogen) atoms. The van der Waals surface area contributed by atoms with Crippen LogP contribution in [0.25, 0.3) is 0 Å². The van der Waals surface area contributed by atoms with E-state index in [-0.39, 0.29) is 6.04 Å². The molecule has 3 nitrogen and oxygen atoms in total. The van der Waals surface area contributed by atoms with Crippen LogP contribution in [-0.4, -0.2) is 38.8 Å². The number of ether oxygens (including phenoxy) is 1. The molecule has 1 fully saturated rings. The molecule has 2 N–H and O–H groups in total. The maximum absolute atomic E-state index is 5.91. The lowest BCUT2D eigenvalue weighted by molar-refractivity contribution is 0.140. The molecule has 0 spiro atoms. The van der Waals surface area contributed by atoms with Crippen LogP contribution in [0, 0.1) is 0 Å². The SMILES string of the molecule is COCCN(C)C(CN)c1ccc(C2CC2)cc1. The van der Waals surface area contributed by atoms with Crippen LogP contribution in [-0.2, 0) is 4.74 Å². The van der Waals surface area contributed by atoms with Gasteiger partial charge in [-0.15, -0.1) is 0 Å². The van der Waals surface area contributed by atoms with Gasteiger partial charge in [-0.05, 0) is 36.9 Å². The first-order chi connectivity index (χ1) is 8.76. The zero-order chi connectivity index (χ0) is 13.0. The molecule has 0 radical (unpaired) electrons. The number of likely N-dealkylation sites (N-methyl/N-ethyl adjacent to an activating group) is 1. The molecule has 0 aromatic heterocycles. The van der Waals surface area contributed by atoms with Crippen LogP contribution in [0.3, 0.4) is 0 Å². The smallest absolute Gasteiger partial charge is 0.0589 e. The Bertz CT molecular complexity index is 359. The van der Waals surface area contributed by atoms with E-state index in [1.165, 1.54) is 24.0 Å². The molecule has 0 bridgehead atoms. The van der Waals surface area contributed by atoms with Gasteiger partial charge in [0.15, 0.2) is 0 Å². The minimum Gasteiger partial charge on any atom is -0.383 e. The van der Waals surface area contributed by atoms with Gasteiger partial charge in [0, 0.05) is 26.2 Å². The fourth-order valence-corrected chi connectivity index (χ4v) is 2.37. The topological polar surface area (TPSA) is 38.5 Å². The summed E-state index contributed by atoms with van der Waals surface area (Å²) in [4.78, 5) is 2.26. The molecule has 0 heterocycles. The first-order valence-corrected chi connectivity index (χ1v) is 6.75. The van der Waals surface area contributed by atoms with E-state index in [0.717, 1.165) is 19.1 Å². The number of rotatable bonds is 7. The highest BCUT2D eigenvalue weighted by Gasteiger charge is 2.23. The van der Waals surface area contributed by atoms with Crippen LogP contribution in [0.4, 0.5) is 0 Å². The van der Waals surface area contributed by atoms with Crippen molar-refractivity contribution < 1.29 is 4.74 Å². The van der Waals surface area contributed by atoms with E-state index in [0.29, 0.717) is 6.54 Å². The number of nitrogens with two attached hydrogens (primary N) is 1. The summed E-state index contributed by atoms with van der Waals surface area (Å²) >= 11 is 0. The Kier molecular flexibility index (Phi) is 4.75. The standard InChI is InChI=1S/C15H24N2O/c1-17(9-10-18-2)15(11-16)14-7-5-13(6-8-14)12-3-4-12/h5-8,12,15H,3-4,9-11,16H2,1-2H3. The predicted octanol–water partition coefficient (Wildman–Crippen LogP) is 2.14. The number of hydrogen-bond donors (Lipinski definition) is 1. The first-order valence-electron chi connectivity index (χ1n) is 6.75. The molecule has 0 saturated heterocycles. The van der Waals surface area contributed by atoms with Gasteiger partial charge in [-0.2, -0.15) is 0 Å². The Labute approximate surface area is 110 Å². The first kappa shape index (κ1) is 13.5. The lowest BCUT2D eigenvalue weighted by atomic mass is 10.0. The van der Waals surface area contributed by atoms with E-state index in [4.69, 9.17) is 10.5 Å². The van der Waals surface area contributed by atoms with Crippen molar-refractivity contribution in [3.8, 4) is 0 Å². The van der Waals surface area contributed by atoms with E-state index in [1.54, 1.807) is 7.11 Å². The normalized spacial score (nSPS) is 17.1. The number of hydrogen-bond acceptors (Lipinski definition) is 3. The minimum absolute atomic E-state index is 0.286. The zero-order valence-corrected chi connectivity index (χ0v) is 11.4. The molecule has 1 aromatic carbocycles. The molecule has 1 atom stereocenters. The van der Waals surface area contributed by atoms with Gasteiger partial charge in [0.25, 0.3) is 0 Å². The molecule has 0 amide bonds. The number of methoxy groups -OCH3 is 1. The van der Waals surface area contributed by atoms with Gasteiger partial charge in [0.1, 0.15) is 0 Å². The quantitative estimate of drug-likeness (QED) is 0.803. The number of benzene rings is 1. The highest BCUT2D eigenvalue weighted by Crippen LogP contribution is 2.40. The van der Waals surface area contributed by atoms with Crippen molar-refractivity contribution in [1.29, 1.82) is 0 Å². The van der Waals surface area contributed by atoms with Crippen molar-refractivity contribution in [3.63, 3.8) is 0 Å². The maximum atomic E-state index is 5.91. The molecule has 100 valence electrons. The Morgan fingerprint density at radius 2 is 2.00 bits per heavy atom. The second-order valence-electron chi connectivity index (χ2n) is 5.17. The summed E-state index contributed by atoms with van der Waals surface area (Å²) < 4.78 is 5.12. The van der Waals surface area contributed by atoms with Crippen LogP contribution in [0.2, 0.25) is 0 Å². The monoisotopic (exact) mass is 248 g/mol. The van der Waals surface area contributed by atoms with E-state index in [1.807, 2.05) is 0 Å². The third-order valence-corrected chi connectivity index (χ3v) is 3.77. The second kappa shape index (κ2) is 6.32. The van der Waals surface area contributed by atoms with Gasteiger partial charge in [-0.1, -0.05) is 24.3 Å². The molecule has 1 unspecified atom stereocenters. The second-order valence-corrected chi connectivity index (χ2v) is 5.17. The van der Waals surface area contributed by atoms with Gasteiger partial charge in [0.2, 0.25) is 0 Å². The lowest BCUT2D eigenvalue weighted by Gasteiger charge is -2.27. The molecule has 1 aliphatic carbocycles. The highest BCUT2D eigenvalue weighted by atomic mass is 16.5. The van der Waals surface area contributed by atoms with Gasteiger partial charge >= 0.3 is 0 Å². The summed E-state index contributed by atoms with van der Waals surface area (Å²) in [7, 11) is 3.83. The van der Waals surface area contributed by atoms with Crippen molar-refractivity contribution in [2.75, 3.05) is 33.9 Å². The molecule has 0 aliphatic heterocycles. The molecule has 2 rings (SSSR count). The highest BCUT2D eigenvalue weighted by molar-refractivity contribution is 5.29. The Hall–Kier alpha value is -0.900. The van der Waals surface area contributed by atoms with Crippen molar-refractivity contribution in [2.24, 2.45) is 5.73 Å². The summed E-state index contributed by atoms with van der Waals surface area (Å²) in [5.41, 5.74) is 8.69. The summed E-state index contributed by atoms with van der Waals surface area (Å²) in [6.45, 7) is 2.29. The third-order valence-electron chi connectivity index (χ3n) is 3.77. The minimum atomic E-state index is 0.286. The van der Waals surface area contributed by atoms with Crippen LogP contribution >= 0.6 is 0 Å². The summed E-state index contributed by atoms with van der Waals surface area (Å²) in [6.07, 6.45) is 2.71. The molecule has 1 aliphatic rings. The largest absolute Gasteiger partial charge is 0.383 e. The van der Waals surface area contributed by atoms with Crippen molar-refractivity contribution in [3.05, 3.63) is 35.4 Å². The van der Waals surface area contributed by atoms with Crippen LogP contribution in [0.5, 0.6) is 0 Å². The van der Waals surface area contributed by atoms with Crippen molar-refractivity contribution >= 4 is 0 Å². The van der Waals surface area contributed by atoms with Crippen molar-refractivity contribution in [2.45, 2.75) is 24.8 Å². The molecular formula is C15H24N2O. The molecular weight excluding hydrogens is 224 g/mol. The fourth-order valence-electron chi connectivity index (χ4n) is 2.37. The molecule has 1 aromatic rings. The predicted molar refractivity (Wildman–Crippen MR) is 74.7 cm³/mol. The zero-order valence-electron chi connectivity index (χ0n) is 11.4. The summed E-state index contributed by atoms with van der Waals surface area (Å²) in [5.74, 6) is 0.821. The Morgan fingerprint density at radius 1 is 1.33 bits per heavy atom. The lowest BCUT2D eigenvalue weighted by Crippen LogP contribution is -2.32. The van der Waals surface area contributed by atoms with Gasteiger partial charge in [-0.25, -0.2) is 0 Å². The Balaban J connectivity index is 2.01. The van der Waals surface area contributed by atoms with E-state index < -0.39 is 0 Å². The Morgan fingerprint density at radius 3 is 2.50 bits per heavy atom. The molecule has 1 saturated carbocycles. The average molecular weight is 248 g/mol. The van der Waals surface area contributed by atoms with Crippen molar-refractivity contribution in [1.82, 2.24) is 4.90 Å². The van der Waals surface area contributed by atoms with Crippen LogP contribution in [0.15, 0.2) is 24.3 Å². The van der Waals surface area contributed by atoms with Gasteiger partial charge < -0.3 is 10.5 Å². The van der Waals surface area contributed by atoms with E-state index in [9.17, 15) is 0 Å². The van der Waals surface area contributed by atoms with Gasteiger partial charge in [-0.3, -0.25) is 4.90 Å². The van der Waals surface area contributed by atoms with Crippen LogP contribution < -0.4 is 5.73 Å². The fraction of sp³-hybridized carbons (Fsp3) is 0.600. The third kappa shape index (κ3) is 3.31. The van der Waals surface area contributed by atoms with Crippen LogP contribution in [0.1, 0.15) is 35.9 Å². The number of nitrogens with zero attached hydrogens (tertiary/aromatic N) is 1. The average Bonchev–Trinajstić information content (AvgIpc) is 3.22. The maximum Gasteiger partial charge on any atom is 0.0589 e. The summed E-state index contributed by atoms with van der Waals surface area (Å²) in [6, 6.07) is 9.27.